The minimum Gasteiger partial charge on any atom is -0.508 e. The van der Waals surface area contributed by atoms with Crippen molar-refractivity contribution in [3.8, 4) is 5.75 Å². The van der Waals surface area contributed by atoms with Crippen molar-refractivity contribution in [1.82, 2.24) is 5.32 Å². The standard InChI is InChI=1S/C11H15NO3/c1-8(11(14)15-2)12-7-9-4-3-5-10(13)6-9/h3-6,8,12-13H,7H2,1-2H3/t8-/m0/s1. The van der Waals surface area contributed by atoms with E-state index in [1.807, 2.05) is 6.07 Å². The number of nitrogens with one attached hydrogen (secondary N) is 1. The van der Waals surface area contributed by atoms with Crippen LogP contribution in [-0.4, -0.2) is 24.2 Å². The molecule has 0 heterocycles. The summed E-state index contributed by atoms with van der Waals surface area (Å²) < 4.78 is 4.57. The number of carbonyl (C=O) groups is 1. The molecule has 0 aliphatic carbocycles. The molecule has 1 aromatic rings. The zero-order valence-corrected chi connectivity index (χ0v) is 8.86. The van der Waals surface area contributed by atoms with E-state index in [1.54, 1.807) is 25.1 Å². The van der Waals surface area contributed by atoms with Gasteiger partial charge < -0.3 is 15.2 Å². The van der Waals surface area contributed by atoms with E-state index in [1.165, 1.54) is 7.11 Å². The van der Waals surface area contributed by atoms with Crippen molar-refractivity contribution in [2.24, 2.45) is 0 Å². The van der Waals surface area contributed by atoms with Gasteiger partial charge in [-0.15, -0.1) is 0 Å². The first kappa shape index (κ1) is 11.5. The molecule has 0 saturated heterocycles. The van der Waals surface area contributed by atoms with Gasteiger partial charge in [0.25, 0.3) is 0 Å². The highest BCUT2D eigenvalue weighted by Crippen LogP contribution is 2.10. The van der Waals surface area contributed by atoms with Crippen molar-refractivity contribution < 1.29 is 14.6 Å². The summed E-state index contributed by atoms with van der Waals surface area (Å²) in [5.74, 6) is -0.0739. The first-order chi connectivity index (χ1) is 7.13. The molecule has 1 rings (SSSR count). The Morgan fingerprint density at radius 1 is 1.60 bits per heavy atom. The Kier molecular flexibility index (Phi) is 4.12. The van der Waals surface area contributed by atoms with Gasteiger partial charge in [-0.3, -0.25) is 4.79 Å². The van der Waals surface area contributed by atoms with E-state index >= 15 is 0 Å². The average molecular weight is 209 g/mol. The molecule has 0 unspecified atom stereocenters. The van der Waals surface area contributed by atoms with Crippen LogP contribution in [-0.2, 0) is 16.1 Å². The lowest BCUT2D eigenvalue weighted by Gasteiger charge is -2.11. The third kappa shape index (κ3) is 3.59. The second-order valence-electron chi connectivity index (χ2n) is 3.30. The van der Waals surface area contributed by atoms with Gasteiger partial charge in [0.2, 0.25) is 0 Å². The SMILES string of the molecule is COC(=O)[C@H](C)NCc1cccc(O)c1. The molecule has 0 saturated carbocycles. The van der Waals surface area contributed by atoms with Gasteiger partial charge in [-0.25, -0.2) is 0 Å². The van der Waals surface area contributed by atoms with Crippen molar-refractivity contribution in [3.05, 3.63) is 29.8 Å². The number of esters is 1. The second kappa shape index (κ2) is 5.36. The lowest BCUT2D eigenvalue weighted by molar-refractivity contribution is -0.142. The second-order valence-corrected chi connectivity index (χ2v) is 3.30. The van der Waals surface area contributed by atoms with Crippen LogP contribution in [0, 0.1) is 0 Å². The summed E-state index contributed by atoms with van der Waals surface area (Å²) in [4.78, 5) is 11.1. The molecule has 0 aliphatic heterocycles. The summed E-state index contributed by atoms with van der Waals surface area (Å²) in [5.41, 5.74) is 0.922. The molecule has 4 nitrogen and oxygen atoms in total. The molecular weight excluding hydrogens is 194 g/mol. The van der Waals surface area contributed by atoms with Crippen LogP contribution in [0.2, 0.25) is 0 Å². The van der Waals surface area contributed by atoms with Crippen LogP contribution in [0.5, 0.6) is 5.75 Å². The van der Waals surface area contributed by atoms with Gasteiger partial charge in [0.05, 0.1) is 7.11 Å². The summed E-state index contributed by atoms with van der Waals surface area (Å²) in [7, 11) is 1.36. The van der Waals surface area contributed by atoms with Crippen molar-refractivity contribution in [1.29, 1.82) is 0 Å². The van der Waals surface area contributed by atoms with E-state index in [0.717, 1.165) is 5.56 Å². The maximum absolute atomic E-state index is 11.1. The number of ether oxygens (including phenoxy) is 1. The molecule has 0 bridgehead atoms. The summed E-state index contributed by atoms with van der Waals surface area (Å²) >= 11 is 0. The highest BCUT2D eigenvalue weighted by atomic mass is 16.5. The van der Waals surface area contributed by atoms with E-state index in [-0.39, 0.29) is 17.8 Å². The van der Waals surface area contributed by atoms with Crippen LogP contribution in [0.3, 0.4) is 0 Å². The average Bonchev–Trinajstić information content (AvgIpc) is 2.25. The molecule has 4 heteroatoms. The largest absolute Gasteiger partial charge is 0.508 e. The fraction of sp³-hybridized carbons (Fsp3) is 0.364. The lowest BCUT2D eigenvalue weighted by atomic mass is 10.2. The van der Waals surface area contributed by atoms with Crippen LogP contribution in [0.1, 0.15) is 12.5 Å². The fourth-order valence-electron chi connectivity index (χ4n) is 1.20. The Morgan fingerprint density at radius 2 is 2.33 bits per heavy atom. The first-order valence-corrected chi connectivity index (χ1v) is 4.72. The van der Waals surface area contributed by atoms with Crippen molar-refractivity contribution in [3.63, 3.8) is 0 Å². The third-order valence-corrected chi connectivity index (χ3v) is 2.08. The minimum absolute atomic E-state index is 0.222. The number of methoxy groups -OCH3 is 1. The fourth-order valence-corrected chi connectivity index (χ4v) is 1.20. The number of hydrogen-bond acceptors (Lipinski definition) is 4. The molecular formula is C11H15NO3. The number of phenols is 1. The normalized spacial score (nSPS) is 12.1. The third-order valence-electron chi connectivity index (χ3n) is 2.08. The van der Waals surface area contributed by atoms with Crippen molar-refractivity contribution >= 4 is 5.97 Å². The number of phenolic OH excluding ortho intramolecular Hbond substituents is 1. The molecule has 1 aromatic carbocycles. The molecule has 0 fully saturated rings. The molecule has 0 aliphatic rings. The monoisotopic (exact) mass is 209 g/mol. The van der Waals surface area contributed by atoms with E-state index in [4.69, 9.17) is 0 Å². The maximum atomic E-state index is 11.1. The van der Waals surface area contributed by atoms with Gasteiger partial charge in [0.15, 0.2) is 0 Å². The predicted molar refractivity (Wildman–Crippen MR) is 56.4 cm³/mol. The number of hydrogen-bond donors (Lipinski definition) is 2. The highest BCUT2D eigenvalue weighted by Gasteiger charge is 2.11. The highest BCUT2D eigenvalue weighted by molar-refractivity contribution is 5.75. The number of benzene rings is 1. The van der Waals surface area contributed by atoms with E-state index in [9.17, 15) is 9.90 Å². The summed E-state index contributed by atoms with van der Waals surface area (Å²) in [6, 6.07) is 6.54. The van der Waals surface area contributed by atoms with Gasteiger partial charge in [-0.1, -0.05) is 12.1 Å². The predicted octanol–water partition coefficient (Wildman–Crippen LogP) is 1.04. The number of rotatable bonds is 4. The molecule has 82 valence electrons. The van der Waals surface area contributed by atoms with Crippen LogP contribution in [0.15, 0.2) is 24.3 Å². The Hall–Kier alpha value is -1.55. The van der Waals surface area contributed by atoms with Crippen LogP contribution in [0.4, 0.5) is 0 Å². The minimum atomic E-state index is -0.350. The van der Waals surface area contributed by atoms with E-state index in [0.29, 0.717) is 6.54 Å². The molecule has 15 heavy (non-hydrogen) atoms. The topological polar surface area (TPSA) is 58.6 Å². The van der Waals surface area contributed by atoms with Gasteiger partial charge in [-0.2, -0.15) is 0 Å². The summed E-state index contributed by atoms with van der Waals surface area (Å²) in [5, 5.41) is 12.2. The Morgan fingerprint density at radius 3 is 2.93 bits per heavy atom. The Balaban J connectivity index is 2.47. The van der Waals surface area contributed by atoms with Crippen molar-refractivity contribution in [2.75, 3.05) is 7.11 Å². The van der Waals surface area contributed by atoms with Crippen LogP contribution < -0.4 is 5.32 Å². The van der Waals surface area contributed by atoms with Crippen molar-refractivity contribution in [2.45, 2.75) is 19.5 Å². The smallest absolute Gasteiger partial charge is 0.322 e. The Labute approximate surface area is 88.9 Å². The first-order valence-electron chi connectivity index (χ1n) is 4.72. The summed E-state index contributed by atoms with van der Waals surface area (Å²) in [6.45, 7) is 2.25. The number of aromatic hydroxyl groups is 1. The molecule has 0 aromatic heterocycles. The van der Waals surface area contributed by atoms with Gasteiger partial charge in [0, 0.05) is 6.54 Å². The van der Waals surface area contributed by atoms with Crippen LogP contribution in [0.25, 0.3) is 0 Å². The molecule has 1 atom stereocenters. The molecule has 2 N–H and O–H groups in total. The van der Waals surface area contributed by atoms with Gasteiger partial charge in [0.1, 0.15) is 11.8 Å². The van der Waals surface area contributed by atoms with E-state index < -0.39 is 0 Å². The quantitative estimate of drug-likeness (QED) is 0.727. The zero-order valence-electron chi connectivity index (χ0n) is 8.86. The molecule has 0 spiro atoms. The molecule has 0 radical (unpaired) electrons. The summed E-state index contributed by atoms with van der Waals surface area (Å²) in [6.07, 6.45) is 0. The Bertz CT molecular complexity index is 338. The van der Waals surface area contributed by atoms with Gasteiger partial charge in [-0.05, 0) is 24.6 Å². The maximum Gasteiger partial charge on any atom is 0.322 e. The molecule has 0 amide bonds. The van der Waals surface area contributed by atoms with Gasteiger partial charge >= 0.3 is 5.97 Å². The zero-order chi connectivity index (χ0) is 11.3. The van der Waals surface area contributed by atoms with E-state index in [2.05, 4.69) is 10.1 Å². The number of carbonyl (C=O) groups excluding carboxylic acids is 1. The lowest BCUT2D eigenvalue weighted by Crippen LogP contribution is -2.34. The van der Waals surface area contributed by atoms with Crippen LogP contribution >= 0.6 is 0 Å².